The second-order valence-corrected chi connectivity index (χ2v) is 11.5. The molecule has 0 saturated heterocycles. The Morgan fingerprint density at radius 2 is 1.91 bits per heavy atom. The van der Waals surface area contributed by atoms with E-state index in [0.29, 0.717) is 15.7 Å². The molecule has 0 bridgehead atoms. The molecule has 1 aliphatic carbocycles. The molecule has 2 aromatic carbocycles. The van der Waals surface area contributed by atoms with Crippen molar-refractivity contribution >= 4 is 61.4 Å². The third kappa shape index (κ3) is 5.07. The van der Waals surface area contributed by atoms with Crippen LogP contribution in [-0.2, 0) is 17.1 Å². The molecular formula is C23H22ClFIN3O5S. The molecule has 2 atom stereocenters. The fourth-order valence-corrected chi connectivity index (χ4v) is 6.26. The number of hydrogen-bond acceptors (Lipinski definition) is 6. The van der Waals surface area contributed by atoms with Gasteiger partial charge in [0.15, 0.2) is 10.8 Å². The summed E-state index contributed by atoms with van der Waals surface area (Å²) in [5.41, 5.74) is 0.157. The van der Waals surface area contributed by atoms with Gasteiger partial charge in [-0.2, -0.15) is 0 Å². The molecule has 0 aliphatic heterocycles. The fourth-order valence-electron chi connectivity index (χ4n) is 3.84. The van der Waals surface area contributed by atoms with E-state index in [0.717, 1.165) is 10.1 Å². The molecule has 3 aromatic rings. The van der Waals surface area contributed by atoms with E-state index in [2.05, 4.69) is 10.0 Å². The van der Waals surface area contributed by atoms with Crippen molar-refractivity contribution in [1.29, 1.82) is 0 Å². The highest BCUT2D eigenvalue weighted by molar-refractivity contribution is 14.1. The quantitative estimate of drug-likeness (QED) is 0.345. The second kappa shape index (κ2) is 9.86. The molecule has 1 aromatic heterocycles. The van der Waals surface area contributed by atoms with Gasteiger partial charge in [0.2, 0.25) is 10.0 Å². The van der Waals surface area contributed by atoms with Gasteiger partial charge in [-0.1, -0.05) is 23.7 Å². The first-order valence-corrected chi connectivity index (χ1v) is 13.4. The Kier molecular flexibility index (Phi) is 7.21. The number of hydrogen-bond donors (Lipinski definition) is 2. The van der Waals surface area contributed by atoms with Crippen LogP contribution in [0.5, 0.6) is 11.5 Å². The second-order valence-electron chi connectivity index (χ2n) is 7.99. The maximum atomic E-state index is 14.6. The highest BCUT2D eigenvalue weighted by Crippen LogP contribution is 2.48. The van der Waals surface area contributed by atoms with E-state index in [1.807, 2.05) is 28.7 Å². The molecule has 1 fully saturated rings. The lowest BCUT2D eigenvalue weighted by molar-refractivity contribution is 0.414. The predicted molar refractivity (Wildman–Crippen MR) is 142 cm³/mol. The topological polar surface area (TPSA) is 98.7 Å². The van der Waals surface area contributed by atoms with E-state index in [-0.39, 0.29) is 33.9 Å². The van der Waals surface area contributed by atoms with Gasteiger partial charge in [-0.15, -0.1) is 0 Å². The van der Waals surface area contributed by atoms with Crippen LogP contribution < -0.4 is 25.1 Å². The van der Waals surface area contributed by atoms with Gasteiger partial charge in [0.05, 0.1) is 25.2 Å². The molecule has 2 unspecified atom stereocenters. The van der Waals surface area contributed by atoms with Gasteiger partial charge in [0.25, 0.3) is 5.56 Å². The molecule has 12 heteroatoms. The van der Waals surface area contributed by atoms with Crippen molar-refractivity contribution in [1.82, 2.24) is 4.57 Å². The first kappa shape index (κ1) is 25.6. The summed E-state index contributed by atoms with van der Waals surface area (Å²) in [6, 6.07) is 11.7. The fraction of sp³-hybridized carbons (Fsp3) is 0.261. The van der Waals surface area contributed by atoms with Crippen LogP contribution in [0.1, 0.15) is 17.9 Å². The lowest BCUT2D eigenvalue weighted by atomic mass is 10.1. The Bertz CT molecular complexity index is 1460. The average molecular weight is 634 g/mol. The highest BCUT2D eigenvalue weighted by atomic mass is 127. The molecule has 0 radical (unpaired) electrons. The lowest BCUT2D eigenvalue weighted by Crippen LogP contribution is -2.26. The number of aromatic nitrogens is 1. The number of ether oxygens (including phenoxy) is 2. The van der Waals surface area contributed by atoms with Gasteiger partial charge in [-0.25, -0.2) is 12.8 Å². The number of methoxy groups -OCH3 is 2. The van der Waals surface area contributed by atoms with Crippen LogP contribution in [0.15, 0.2) is 47.3 Å². The predicted octanol–water partition coefficient (Wildman–Crippen LogP) is 4.84. The largest absolute Gasteiger partial charge is 0.497 e. The molecule has 4 rings (SSSR count). The molecule has 1 heterocycles. The normalized spacial score (nSPS) is 17.1. The van der Waals surface area contributed by atoms with E-state index in [9.17, 15) is 17.6 Å². The monoisotopic (exact) mass is 633 g/mol. The molecule has 35 heavy (non-hydrogen) atoms. The Morgan fingerprint density at radius 1 is 1.17 bits per heavy atom. The summed E-state index contributed by atoms with van der Waals surface area (Å²) in [5.74, 6) is -0.353. The van der Waals surface area contributed by atoms with Crippen molar-refractivity contribution in [3.05, 3.63) is 72.8 Å². The van der Waals surface area contributed by atoms with Crippen LogP contribution in [0.25, 0.3) is 0 Å². The van der Waals surface area contributed by atoms with Crippen LogP contribution in [0.2, 0.25) is 5.02 Å². The standard InChI is InChI=1S/C23H22ClFIN3O5S/c1-29-22(27-17-8-7-13(26)10-16(17)25)20(21(34-3)19(24)23(29)30)28-35(31,32)18-11-15(18)12-5-4-6-14(9-12)33-2/h4-10,15,18,27-28H,11H2,1-3H3. The number of nitrogens with zero attached hydrogens (tertiary/aromatic N) is 1. The Balaban J connectivity index is 1.73. The summed E-state index contributed by atoms with van der Waals surface area (Å²) < 4.78 is 56.2. The third-order valence-corrected chi connectivity index (χ3v) is 8.59. The Labute approximate surface area is 220 Å². The molecule has 8 nitrogen and oxygen atoms in total. The number of rotatable bonds is 8. The van der Waals surface area contributed by atoms with Gasteiger partial charge in [0, 0.05) is 16.5 Å². The smallest absolute Gasteiger partial charge is 0.274 e. The van der Waals surface area contributed by atoms with Crippen molar-refractivity contribution in [2.45, 2.75) is 17.6 Å². The van der Waals surface area contributed by atoms with Gasteiger partial charge in [-0.3, -0.25) is 14.1 Å². The van der Waals surface area contributed by atoms with Crippen molar-refractivity contribution in [2.24, 2.45) is 7.05 Å². The number of halogens is 3. The molecule has 2 N–H and O–H groups in total. The maximum Gasteiger partial charge on any atom is 0.274 e. The minimum atomic E-state index is -3.95. The first-order valence-electron chi connectivity index (χ1n) is 10.4. The summed E-state index contributed by atoms with van der Waals surface area (Å²) in [7, 11) is 0.262. The summed E-state index contributed by atoms with van der Waals surface area (Å²) in [5, 5.41) is 1.79. The zero-order chi connectivity index (χ0) is 25.5. The van der Waals surface area contributed by atoms with Crippen LogP contribution in [-0.4, -0.2) is 32.5 Å². The minimum Gasteiger partial charge on any atom is -0.497 e. The third-order valence-electron chi connectivity index (χ3n) is 5.78. The van der Waals surface area contributed by atoms with Gasteiger partial charge < -0.3 is 14.8 Å². The van der Waals surface area contributed by atoms with Gasteiger partial charge in [0.1, 0.15) is 23.1 Å². The maximum absolute atomic E-state index is 14.6. The minimum absolute atomic E-state index is 0.0153. The number of benzene rings is 2. The molecule has 0 amide bonds. The molecule has 1 saturated carbocycles. The molecule has 186 valence electrons. The first-order chi connectivity index (χ1) is 16.6. The zero-order valence-electron chi connectivity index (χ0n) is 18.9. The molecular weight excluding hydrogens is 612 g/mol. The molecule has 1 aliphatic rings. The van der Waals surface area contributed by atoms with E-state index in [1.165, 1.54) is 26.3 Å². The van der Waals surface area contributed by atoms with Crippen LogP contribution in [0.4, 0.5) is 21.6 Å². The van der Waals surface area contributed by atoms with Crippen LogP contribution in [0.3, 0.4) is 0 Å². The average Bonchev–Trinajstić information content (AvgIpc) is 3.64. The van der Waals surface area contributed by atoms with E-state index >= 15 is 0 Å². The number of sulfonamides is 1. The van der Waals surface area contributed by atoms with Crippen LogP contribution in [0, 0.1) is 9.39 Å². The summed E-state index contributed by atoms with van der Waals surface area (Å²) in [6.07, 6.45) is 0.402. The summed E-state index contributed by atoms with van der Waals surface area (Å²) >= 11 is 8.17. The van der Waals surface area contributed by atoms with Crippen molar-refractivity contribution in [2.75, 3.05) is 24.3 Å². The SMILES string of the molecule is COc1cccc(C2CC2S(=O)(=O)Nc2c(OC)c(Cl)c(=O)n(C)c2Nc2ccc(I)cc2F)c1. The van der Waals surface area contributed by atoms with Crippen molar-refractivity contribution in [3.63, 3.8) is 0 Å². The summed E-state index contributed by atoms with van der Waals surface area (Å²) in [4.78, 5) is 12.7. The number of anilines is 3. The number of nitrogens with one attached hydrogen (secondary N) is 2. The highest BCUT2D eigenvalue weighted by Gasteiger charge is 2.49. The van der Waals surface area contributed by atoms with Gasteiger partial charge in [-0.05, 0) is 64.9 Å². The van der Waals surface area contributed by atoms with Crippen LogP contribution >= 0.6 is 34.2 Å². The number of pyridine rings is 1. The van der Waals surface area contributed by atoms with E-state index in [1.54, 1.807) is 31.4 Å². The van der Waals surface area contributed by atoms with E-state index < -0.39 is 26.6 Å². The lowest BCUT2D eigenvalue weighted by Gasteiger charge is -2.21. The van der Waals surface area contributed by atoms with E-state index in [4.69, 9.17) is 21.1 Å². The van der Waals surface area contributed by atoms with Crippen molar-refractivity contribution < 1.29 is 22.3 Å². The van der Waals surface area contributed by atoms with Gasteiger partial charge >= 0.3 is 0 Å². The summed E-state index contributed by atoms with van der Waals surface area (Å²) in [6.45, 7) is 0. The Morgan fingerprint density at radius 3 is 2.57 bits per heavy atom. The Hall–Kier alpha value is -2.51. The molecule has 0 spiro atoms. The van der Waals surface area contributed by atoms with Crippen molar-refractivity contribution in [3.8, 4) is 11.5 Å². The zero-order valence-corrected chi connectivity index (χ0v) is 22.7.